The number of esters is 1. The highest BCUT2D eigenvalue weighted by Crippen LogP contribution is 2.29. The Balaban J connectivity index is 1.62. The van der Waals surface area contributed by atoms with E-state index in [0.717, 1.165) is 35.0 Å². The molecule has 0 saturated carbocycles. The summed E-state index contributed by atoms with van der Waals surface area (Å²) in [5.41, 5.74) is 3.82. The van der Waals surface area contributed by atoms with Crippen molar-refractivity contribution < 1.29 is 19.1 Å². The van der Waals surface area contributed by atoms with E-state index < -0.39 is 11.9 Å². The third kappa shape index (κ3) is 3.55. The number of benzene rings is 2. The van der Waals surface area contributed by atoms with Crippen molar-refractivity contribution in [1.29, 1.82) is 0 Å². The van der Waals surface area contributed by atoms with Crippen LogP contribution >= 0.6 is 11.7 Å². The Labute approximate surface area is 160 Å². The molecular weight excluding hydrogens is 364 g/mol. The van der Waals surface area contributed by atoms with E-state index in [-0.39, 0.29) is 18.8 Å². The first-order valence-corrected chi connectivity index (χ1v) is 9.56. The Kier molecular flexibility index (Phi) is 4.85. The third-order valence-electron chi connectivity index (χ3n) is 4.65. The minimum Gasteiger partial charge on any atom is -0.493 e. The lowest BCUT2D eigenvalue weighted by Gasteiger charge is -2.15. The van der Waals surface area contributed by atoms with E-state index in [4.69, 9.17) is 9.47 Å². The Morgan fingerprint density at radius 1 is 1.19 bits per heavy atom. The standard InChI is InChI=1S/C20H18N2O4S/c1-2-25-20(24)15(12-3-5-16-17(10-12)22-27-21-16)11-18(23)13-4-6-19-14(9-13)7-8-26-19/h3-6,9-10,15H,2,7-8,11H2,1H3. The smallest absolute Gasteiger partial charge is 0.313 e. The van der Waals surface area contributed by atoms with Gasteiger partial charge in [-0.3, -0.25) is 9.59 Å². The van der Waals surface area contributed by atoms with E-state index in [1.54, 1.807) is 13.0 Å². The van der Waals surface area contributed by atoms with Gasteiger partial charge < -0.3 is 9.47 Å². The summed E-state index contributed by atoms with van der Waals surface area (Å²) in [6, 6.07) is 10.9. The molecule has 1 aliphatic heterocycles. The number of nitrogens with zero attached hydrogens (tertiary/aromatic N) is 2. The topological polar surface area (TPSA) is 78.4 Å². The van der Waals surface area contributed by atoms with Crippen LogP contribution in [0.5, 0.6) is 5.75 Å². The lowest BCUT2D eigenvalue weighted by atomic mass is 9.90. The molecule has 0 amide bonds. The number of carbonyl (C=O) groups is 2. The predicted molar refractivity (Wildman–Crippen MR) is 101 cm³/mol. The van der Waals surface area contributed by atoms with Gasteiger partial charge in [-0.05, 0) is 48.4 Å². The average Bonchev–Trinajstić information content (AvgIpc) is 3.33. The van der Waals surface area contributed by atoms with Crippen LogP contribution in [0.2, 0.25) is 0 Å². The van der Waals surface area contributed by atoms with Gasteiger partial charge in [0.25, 0.3) is 0 Å². The summed E-state index contributed by atoms with van der Waals surface area (Å²) in [6.45, 7) is 2.66. The van der Waals surface area contributed by atoms with Crippen molar-refractivity contribution in [3.8, 4) is 5.75 Å². The van der Waals surface area contributed by atoms with Gasteiger partial charge in [-0.25, -0.2) is 0 Å². The second-order valence-electron chi connectivity index (χ2n) is 6.37. The Bertz CT molecular complexity index is 1010. The molecule has 0 spiro atoms. The number of ketones is 1. The minimum absolute atomic E-state index is 0.0432. The molecule has 3 aromatic rings. The van der Waals surface area contributed by atoms with Crippen LogP contribution in [-0.4, -0.2) is 33.7 Å². The monoisotopic (exact) mass is 382 g/mol. The molecule has 27 heavy (non-hydrogen) atoms. The number of carbonyl (C=O) groups excluding carboxylic acids is 2. The summed E-state index contributed by atoms with van der Waals surface area (Å²) in [4.78, 5) is 25.4. The normalized spacial score (nSPS) is 13.8. The molecule has 1 aromatic heterocycles. The molecule has 1 aliphatic rings. The molecule has 1 atom stereocenters. The van der Waals surface area contributed by atoms with Gasteiger partial charge in [0.05, 0.1) is 30.9 Å². The SMILES string of the molecule is CCOC(=O)C(CC(=O)c1ccc2c(c1)CCO2)c1ccc2nsnc2c1. The van der Waals surface area contributed by atoms with Gasteiger partial charge in [-0.2, -0.15) is 8.75 Å². The van der Waals surface area contributed by atoms with E-state index in [9.17, 15) is 9.59 Å². The molecule has 1 unspecified atom stereocenters. The Hall–Kier alpha value is -2.80. The van der Waals surface area contributed by atoms with Crippen molar-refractivity contribution in [2.24, 2.45) is 0 Å². The van der Waals surface area contributed by atoms with E-state index >= 15 is 0 Å². The zero-order chi connectivity index (χ0) is 18.8. The van der Waals surface area contributed by atoms with E-state index in [1.165, 1.54) is 0 Å². The van der Waals surface area contributed by atoms with Crippen molar-refractivity contribution in [2.75, 3.05) is 13.2 Å². The fourth-order valence-corrected chi connectivity index (χ4v) is 3.78. The highest BCUT2D eigenvalue weighted by Gasteiger charge is 2.27. The van der Waals surface area contributed by atoms with Crippen LogP contribution < -0.4 is 4.74 Å². The largest absolute Gasteiger partial charge is 0.493 e. The quantitative estimate of drug-likeness (QED) is 0.479. The fourth-order valence-electron chi connectivity index (χ4n) is 3.26. The Morgan fingerprint density at radius 3 is 2.89 bits per heavy atom. The molecule has 0 aliphatic carbocycles. The van der Waals surface area contributed by atoms with E-state index in [2.05, 4.69) is 8.75 Å². The minimum atomic E-state index is -0.673. The maximum atomic E-state index is 12.9. The zero-order valence-corrected chi connectivity index (χ0v) is 15.6. The van der Waals surface area contributed by atoms with Gasteiger partial charge in [-0.1, -0.05) is 6.07 Å². The van der Waals surface area contributed by atoms with Crippen molar-refractivity contribution in [1.82, 2.24) is 8.75 Å². The Morgan fingerprint density at radius 2 is 2.04 bits per heavy atom. The second kappa shape index (κ2) is 7.44. The van der Waals surface area contributed by atoms with Crippen molar-refractivity contribution >= 4 is 34.5 Å². The number of ether oxygens (including phenoxy) is 2. The number of fused-ring (bicyclic) bond motifs is 2. The average molecular weight is 382 g/mol. The van der Waals surface area contributed by atoms with Crippen molar-refractivity contribution in [3.63, 3.8) is 0 Å². The molecular formula is C20H18N2O4S. The zero-order valence-electron chi connectivity index (χ0n) is 14.8. The molecule has 6 nitrogen and oxygen atoms in total. The van der Waals surface area contributed by atoms with Crippen molar-refractivity contribution in [2.45, 2.75) is 25.7 Å². The molecule has 0 saturated heterocycles. The molecule has 0 bridgehead atoms. The highest BCUT2D eigenvalue weighted by atomic mass is 32.1. The third-order valence-corrected chi connectivity index (χ3v) is 5.21. The lowest BCUT2D eigenvalue weighted by Crippen LogP contribution is -2.19. The number of Topliss-reactive ketones (excluding diaryl/α,β-unsaturated/α-hetero) is 1. The van der Waals surface area contributed by atoms with Gasteiger partial charge >= 0.3 is 5.97 Å². The first-order chi connectivity index (χ1) is 13.2. The van der Waals surface area contributed by atoms with Gasteiger partial charge in [0.2, 0.25) is 0 Å². The summed E-state index contributed by atoms with van der Waals surface area (Å²) < 4.78 is 19.1. The highest BCUT2D eigenvalue weighted by molar-refractivity contribution is 7.00. The van der Waals surface area contributed by atoms with Gasteiger partial charge in [0, 0.05) is 18.4 Å². The van der Waals surface area contributed by atoms with Gasteiger partial charge in [0.15, 0.2) is 5.78 Å². The van der Waals surface area contributed by atoms with Crippen LogP contribution in [0, 0.1) is 0 Å². The summed E-state index contributed by atoms with van der Waals surface area (Å²) in [5, 5.41) is 0. The van der Waals surface area contributed by atoms with Gasteiger partial charge in [-0.15, -0.1) is 0 Å². The predicted octanol–water partition coefficient (Wildman–Crippen LogP) is 3.55. The number of rotatable bonds is 6. The molecule has 2 heterocycles. The second-order valence-corrected chi connectivity index (χ2v) is 6.89. The molecule has 2 aromatic carbocycles. The maximum Gasteiger partial charge on any atom is 0.313 e. The van der Waals surface area contributed by atoms with Crippen LogP contribution in [0.15, 0.2) is 36.4 Å². The summed E-state index contributed by atoms with van der Waals surface area (Å²) in [5.74, 6) is -0.347. The van der Waals surface area contributed by atoms with Crippen LogP contribution in [0.25, 0.3) is 11.0 Å². The molecule has 7 heteroatoms. The van der Waals surface area contributed by atoms with Crippen LogP contribution in [0.4, 0.5) is 0 Å². The maximum absolute atomic E-state index is 12.9. The molecule has 0 N–H and O–H groups in total. The van der Waals surface area contributed by atoms with E-state index in [0.29, 0.717) is 23.3 Å². The van der Waals surface area contributed by atoms with Gasteiger partial charge in [0.1, 0.15) is 16.8 Å². The summed E-state index contributed by atoms with van der Waals surface area (Å²) in [6.07, 6.45) is 0.840. The number of hydrogen-bond donors (Lipinski definition) is 0. The number of aromatic nitrogens is 2. The molecule has 0 fully saturated rings. The molecule has 138 valence electrons. The summed E-state index contributed by atoms with van der Waals surface area (Å²) >= 11 is 1.12. The van der Waals surface area contributed by atoms with Crippen LogP contribution in [0.3, 0.4) is 0 Å². The number of hydrogen-bond acceptors (Lipinski definition) is 7. The lowest BCUT2D eigenvalue weighted by molar-refractivity contribution is -0.144. The first kappa shape index (κ1) is 17.6. The molecule has 0 radical (unpaired) electrons. The van der Waals surface area contributed by atoms with E-state index in [1.807, 2.05) is 30.3 Å². The summed E-state index contributed by atoms with van der Waals surface area (Å²) in [7, 11) is 0. The van der Waals surface area contributed by atoms with Crippen LogP contribution in [0.1, 0.15) is 40.7 Å². The van der Waals surface area contributed by atoms with Crippen molar-refractivity contribution in [3.05, 3.63) is 53.1 Å². The fraction of sp³-hybridized carbons (Fsp3) is 0.300. The van der Waals surface area contributed by atoms with Crippen LogP contribution in [-0.2, 0) is 16.0 Å². The first-order valence-electron chi connectivity index (χ1n) is 8.83. The molecule has 4 rings (SSSR count).